The van der Waals surface area contributed by atoms with Crippen LogP contribution in [0.2, 0.25) is 0 Å². The van der Waals surface area contributed by atoms with E-state index >= 15 is 0 Å². The van der Waals surface area contributed by atoms with Crippen molar-refractivity contribution in [3.63, 3.8) is 0 Å². The number of rotatable bonds is 2. The van der Waals surface area contributed by atoms with Crippen LogP contribution in [0.15, 0.2) is 65.3 Å². The van der Waals surface area contributed by atoms with Crippen molar-refractivity contribution >= 4 is 23.2 Å². The second-order valence-corrected chi connectivity index (χ2v) is 5.58. The van der Waals surface area contributed by atoms with E-state index in [2.05, 4.69) is 5.32 Å². The highest BCUT2D eigenvalue weighted by molar-refractivity contribution is 6.10. The molecular weight excluding hydrogens is 320 g/mol. The zero-order valence-electron chi connectivity index (χ0n) is 13.4. The molecule has 1 N–H and O–H groups in total. The monoisotopic (exact) mass is 334 g/mol. The van der Waals surface area contributed by atoms with Gasteiger partial charge in [-0.2, -0.15) is 0 Å². The molecule has 0 radical (unpaired) electrons. The van der Waals surface area contributed by atoms with Gasteiger partial charge in [0.25, 0.3) is 11.8 Å². The maximum Gasteiger partial charge on any atom is 0.291 e. The van der Waals surface area contributed by atoms with Crippen molar-refractivity contribution in [3.8, 4) is 11.5 Å². The van der Waals surface area contributed by atoms with Gasteiger partial charge in [0.1, 0.15) is 5.75 Å². The van der Waals surface area contributed by atoms with E-state index in [4.69, 9.17) is 9.15 Å². The van der Waals surface area contributed by atoms with Crippen LogP contribution in [0.5, 0.6) is 11.5 Å². The Hall–Kier alpha value is -3.54. The second kappa shape index (κ2) is 5.83. The molecule has 124 valence electrons. The lowest BCUT2D eigenvalue weighted by molar-refractivity contribution is 0.0985. The van der Waals surface area contributed by atoms with E-state index in [9.17, 15) is 9.59 Å². The molecule has 6 nitrogen and oxygen atoms in total. The first-order valence-electron chi connectivity index (χ1n) is 7.67. The fraction of sp³-hybridized carbons (Fsp3) is 0.0526. The number of furan rings is 1. The van der Waals surface area contributed by atoms with Crippen molar-refractivity contribution < 1.29 is 18.7 Å². The van der Waals surface area contributed by atoms with Gasteiger partial charge in [0.05, 0.1) is 17.5 Å². The number of carbonyl (C=O) groups excluding carboxylic acids is 2. The van der Waals surface area contributed by atoms with E-state index in [1.54, 1.807) is 43.4 Å². The minimum atomic E-state index is -0.386. The first-order chi connectivity index (χ1) is 12.1. The van der Waals surface area contributed by atoms with Gasteiger partial charge in [-0.3, -0.25) is 9.59 Å². The zero-order valence-corrected chi connectivity index (χ0v) is 13.4. The minimum absolute atomic E-state index is 0.196. The second-order valence-electron chi connectivity index (χ2n) is 5.58. The summed E-state index contributed by atoms with van der Waals surface area (Å²) in [6.07, 6.45) is 1.43. The van der Waals surface area contributed by atoms with Gasteiger partial charge in [0.15, 0.2) is 11.5 Å². The Morgan fingerprint density at radius 1 is 1.04 bits per heavy atom. The van der Waals surface area contributed by atoms with Crippen molar-refractivity contribution in [3.05, 3.63) is 72.2 Å². The largest absolute Gasteiger partial charge is 0.459 e. The van der Waals surface area contributed by atoms with E-state index in [1.807, 2.05) is 18.2 Å². The van der Waals surface area contributed by atoms with Crippen molar-refractivity contribution in [2.75, 3.05) is 17.3 Å². The highest BCUT2D eigenvalue weighted by Gasteiger charge is 2.26. The highest BCUT2D eigenvalue weighted by Crippen LogP contribution is 2.38. The number of carbonyl (C=O) groups is 2. The normalized spacial score (nSPS) is 12.7. The number of anilines is 2. The third-order valence-corrected chi connectivity index (χ3v) is 3.96. The molecule has 3 aromatic rings. The molecule has 2 heterocycles. The molecule has 6 heteroatoms. The zero-order chi connectivity index (χ0) is 17.4. The first kappa shape index (κ1) is 15.0. The Bertz CT molecular complexity index is 963. The summed E-state index contributed by atoms with van der Waals surface area (Å²) in [4.78, 5) is 26.4. The summed E-state index contributed by atoms with van der Waals surface area (Å²) >= 11 is 0. The molecule has 0 saturated carbocycles. The summed E-state index contributed by atoms with van der Waals surface area (Å²) in [6.45, 7) is 0. The Kier molecular flexibility index (Phi) is 3.50. The molecule has 2 amide bonds. The molecule has 0 saturated heterocycles. The maximum atomic E-state index is 12.8. The minimum Gasteiger partial charge on any atom is -0.459 e. The third kappa shape index (κ3) is 2.63. The lowest BCUT2D eigenvalue weighted by Crippen LogP contribution is -2.25. The van der Waals surface area contributed by atoms with E-state index in [0.29, 0.717) is 28.4 Å². The topological polar surface area (TPSA) is 71.8 Å². The van der Waals surface area contributed by atoms with E-state index < -0.39 is 0 Å². The average molecular weight is 334 g/mol. The molecule has 0 unspecified atom stereocenters. The molecule has 0 atom stereocenters. The molecule has 1 aromatic heterocycles. The number of nitrogens with one attached hydrogen (secondary N) is 1. The summed E-state index contributed by atoms with van der Waals surface area (Å²) in [5.41, 5.74) is 1.54. The summed E-state index contributed by atoms with van der Waals surface area (Å²) in [5.74, 6) is 0.641. The SMILES string of the molecule is CN1C(=O)c2cc(NC(=O)c3ccco3)ccc2Oc2ccccc21. The molecule has 0 fully saturated rings. The molecular formula is C19H14N2O4. The van der Waals surface area contributed by atoms with Gasteiger partial charge in [-0.1, -0.05) is 12.1 Å². The lowest BCUT2D eigenvalue weighted by atomic mass is 10.1. The van der Waals surface area contributed by atoms with Gasteiger partial charge in [-0.25, -0.2) is 0 Å². The quantitative estimate of drug-likeness (QED) is 0.771. The number of ether oxygens (including phenoxy) is 1. The molecule has 1 aliphatic rings. The Morgan fingerprint density at radius 3 is 2.68 bits per heavy atom. The van der Waals surface area contributed by atoms with Crippen LogP contribution in [0.1, 0.15) is 20.9 Å². The maximum absolute atomic E-state index is 12.8. The predicted octanol–water partition coefficient (Wildman–Crippen LogP) is 3.91. The van der Waals surface area contributed by atoms with Crippen molar-refractivity contribution in [2.45, 2.75) is 0 Å². The fourth-order valence-corrected chi connectivity index (χ4v) is 2.69. The smallest absolute Gasteiger partial charge is 0.291 e. The number of nitrogens with zero attached hydrogens (tertiary/aromatic N) is 1. The number of benzene rings is 2. The number of hydrogen-bond donors (Lipinski definition) is 1. The van der Waals surface area contributed by atoms with Crippen LogP contribution < -0.4 is 15.0 Å². The first-order valence-corrected chi connectivity index (χ1v) is 7.67. The molecule has 1 aliphatic heterocycles. The molecule has 0 aliphatic carbocycles. The summed E-state index contributed by atoms with van der Waals surface area (Å²) < 4.78 is 11.0. The van der Waals surface area contributed by atoms with Crippen molar-refractivity contribution in [2.24, 2.45) is 0 Å². The summed E-state index contributed by atoms with van der Waals surface area (Å²) in [5, 5.41) is 2.71. The van der Waals surface area contributed by atoms with Crippen molar-refractivity contribution in [1.29, 1.82) is 0 Å². The van der Waals surface area contributed by atoms with Crippen LogP contribution in [0.25, 0.3) is 0 Å². The van der Waals surface area contributed by atoms with Gasteiger partial charge in [-0.15, -0.1) is 0 Å². The molecule has 25 heavy (non-hydrogen) atoms. The summed E-state index contributed by atoms with van der Waals surface area (Å²) in [7, 11) is 1.69. The van der Waals surface area contributed by atoms with Crippen LogP contribution in [0.3, 0.4) is 0 Å². The third-order valence-electron chi connectivity index (χ3n) is 3.96. The predicted molar refractivity (Wildman–Crippen MR) is 92.4 cm³/mol. The molecule has 2 aromatic carbocycles. The molecule has 4 rings (SSSR count). The number of amides is 2. The number of fused-ring (bicyclic) bond motifs is 2. The Labute approximate surface area is 143 Å². The summed E-state index contributed by atoms with van der Waals surface area (Å²) in [6, 6.07) is 15.5. The lowest BCUT2D eigenvalue weighted by Gasteiger charge is -2.15. The standard InChI is InChI=1S/C19H14N2O4/c1-21-14-5-2-3-6-16(14)25-15-9-8-12(11-13(15)19(21)23)20-18(22)17-7-4-10-24-17/h2-11H,1H3,(H,20,22). The van der Waals surface area contributed by atoms with Crippen LogP contribution >= 0.6 is 0 Å². The van der Waals surface area contributed by atoms with E-state index in [-0.39, 0.29) is 17.6 Å². The van der Waals surface area contributed by atoms with Gasteiger partial charge in [0.2, 0.25) is 0 Å². The Morgan fingerprint density at radius 2 is 1.88 bits per heavy atom. The van der Waals surface area contributed by atoms with Crippen LogP contribution in [0.4, 0.5) is 11.4 Å². The van der Waals surface area contributed by atoms with E-state index in [0.717, 1.165) is 0 Å². The van der Waals surface area contributed by atoms with Gasteiger partial charge >= 0.3 is 0 Å². The van der Waals surface area contributed by atoms with Crippen molar-refractivity contribution in [1.82, 2.24) is 0 Å². The van der Waals surface area contributed by atoms with Crippen LogP contribution in [0, 0.1) is 0 Å². The number of para-hydroxylation sites is 2. The fourth-order valence-electron chi connectivity index (χ4n) is 2.69. The van der Waals surface area contributed by atoms with Gasteiger partial charge in [-0.05, 0) is 42.5 Å². The highest BCUT2D eigenvalue weighted by atomic mass is 16.5. The molecule has 0 spiro atoms. The Balaban J connectivity index is 1.69. The molecule has 0 bridgehead atoms. The van der Waals surface area contributed by atoms with E-state index in [1.165, 1.54) is 11.2 Å². The van der Waals surface area contributed by atoms with Gasteiger partial charge < -0.3 is 19.4 Å². The van der Waals surface area contributed by atoms with Crippen LogP contribution in [-0.4, -0.2) is 18.9 Å². The van der Waals surface area contributed by atoms with Crippen LogP contribution in [-0.2, 0) is 0 Å². The average Bonchev–Trinajstić information content (AvgIpc) is 3.14. The van der Waals surface area contributed by atoms with Gasteiger partial charge in [0, 0.05) is 12.7 Å². The number of hydrogen-bond acceptors (Lipinski definition) is 4.